The molecule has 100 valence electrons. The third-order valence-electron chi connectivity index (χ3n) is 3.62. The molecule has 1 saturated heterocycles. The van der Waals surface area contributed by atoms with E-state index in [9.17, 15) is 14.7 Å². The van der Waals surface area contributed by atoms with Crippen LogP contribution in [0.4, 0.5) is 5.69 Å². The number of anilines is 1. The number of phenols is 1. The number of hydrogen-bond donors (Lipinski definition) is 2. The van der Waals surface area contributed by atoms with Gasteiger partial charge in [0.1, 0.15) is 6.04 Å². The number of amides is 2. The Hall–Kier alpha value is -2.24. The summed E-state index contributed by atoms with van der Waals surface area (Å²) < 4.78 is 5.00. The first-order valence-electron chi connectivity index (χ1n) is 6.14. The molecule has 0 aliphatic carbocycles. The summed E-state index contributed by atoms with van der Waals surface area (Å²) in [5.74, 6) is -0.279. The minimum atomic E-state index is -0.409. The van der Waals surface area contributed by atoms with Crippen LogP contribution in [0, 0.1) is 0 Å². The normalized spacial score (nSPS) is 21.5. The summed E-state index contributed by atoms with van der Waals surface area (Å²) in [6, 6.07) is 2.41. The van der Waals surface area contributed by atoms with Crippen molar-refractivity contribution in [3.8, 4) is 11.5 Å². The zero-order valence-corrected chi connectivity index (χ0v) is 10.5. The van der Waals surface area contributed by atoms with Gasteiger partial charge in [0, 0.05) is 12.6 Å². The number of carbonyl (C=O) groups is 2. The predicted octanol–water partition coefficient (Wildman–Crippen LogP) is 0.957. The fraction of sp³-hybridized carbons (Fsp3) is 0.385. The number of rotatable bonds is 1. The Labute approximate surface area is 110 Å². The Kier molecular flexibility index (Phi) is 2.58. The number of hydrogen-bond acceptors (Lipinski definition) is 4. The van der Waals surface area contributed by atoms with Gasteiger partial charge in [-0.05, 0) is 18.9 Å². The summed E-state index contributed by atoms with van der Waals surface area (Å²) in [5.41, 5.74) is 0.690. The van der Waals surface area contributed by atoms with Gasteiger partial charge in [-0.3, -0.25) is 9.59 Å². The highest BCUT2D eigenvalue weighted by Gasteiger charge is 2.38. The third kappa shape index (κ3) is 1.71. The summed E-state index contributed by atoms with van der Waals surface area (Å²) in [4.78, 5) is 26.1. The molecule has 2 N–H and O–H groups in total. The van der Waals surface area contributed by atoms with Crippen molar-refractivity contribution >= 4 is 17.5 Å². The molecule has 1 aromatic carbocycles. The van der Waals surface area contributed by atoms with E-state index >= 15 is 0 Å². The van der Waals surface area contributed by atoms with E-state index in [1.807, 2.05) is 0 Å². The largest absolute Gasteiger partial charge is 0.504 e. The number of methoxy groups -OCH3 is 1. The Morgan fingerprint density at radius 3 is 2.95 bits per heavy atom. The lowest BCUT2D eigenvalue weighted by Crippen LogP contribution is -2.40. The van der Waals surface area contributed by atoms with Gasteiger partial charge in [-0.1, -0.05) is 0 Å². The maximum absolute atomic E-state index is 12.4. The lowest BCUT2D eigenvalue weighted by Gasteiger charge is -2.20. The van der Waals surface area contributed by atoms with Crippen LogP contribution in [-0.2, 0) is 4.79 Å². The molecule has 0 bridgehead atoms. The van der Waals surface area contributed by atoms with Crippen LogP contribution in [0.1, 0.15) is 23.2 Å². The van der Waals surface area contributed by atoms with Crippen LogP contribution in [0.15, 0.2) is 12.1 Å². The van der Waals surface area contributed by atoms with Crippen LogP contribution >= 0.6 is 0 Å². The maximum atomic E-state index is 12.4. The van der Waals surface area contributed by atoms with Crippen LogP contribution < -0.4 is 10.1 Å². The summed E-state index contributed by atoms with van der Waals surface area (Å²) >= 11 is 0. The van der Waals surface area contributed by atoms with Crippen molar-refractivity contribution in [1.29, 1.82) is 0 Å². The van der Waals surface area contributed by atoms with E-state index in [1.165, 1.54) is 19.2 Å². The lowest BCUT2D eigenvalue weighted by atomic mass is 10.1. The van der Waals surface area contributed by atoms with Crippen molar-refractivity contribution in [1.82, 2.24) is 4.90 Å². The number of phenolic OH excluding ortho intramolecular Hbond substituents is 1. The van der Waals surface area contributed by atoms with Gasteiger partial charge in [0.05, 0.1) is 18.4 Å². The average molecular weight is 262 g/mol. The van der Waals surface area contributed by atoms with Gasteiger partial charge in [-0.25, -0.2) is 0 Å². The van der Waals surface area contributed by atoms with Gasteiger partial charge >= 0.3 is 0 Å². The monoisotopic (exact) mass is 262 g/mol. The Bertz CT molecular complexity index is 570. The number of fused-ring (bicyclic) bond motifs is 2. The van der Waals surface area contributed by atoms with E-state index in [-0.39, 0.29) is 23.3 Å². The molecule has 1 aromatic rings. The fourth-order valence-electron chi connectivity index (χ4n) is 2.67. The quantitative estimate of drug-likeness (QED) is 0.790. The first-order chi connectivity index (χ1) is 9.11. The molecule has 1 fully saturated rings. The fourth-order valence-corrected chi connectivity index (χ4v) is 2.67. The van der Waals surface area contributed by atoms with E-state index in [0.717, 1.165) is 6.42 Å². The van der Waals surface area contributed by atoms with E-state index in [4.69, 9.17) is 4.74 Å². The van der Waals surface area contributed by atoms with Gasteiger partial charge in [-0.2, -0.15) is 0 Å². The first kappa shape index (κ1) is 11.8. The SMILES string of the molecule is COc1cc2c(cc1O)NC(=O)[C@@H]1CCCN1C2=O. The molecule has 0 aromatic heterocycles. The number of aromatic hydroxyl groups is 1. The molecule has 0 saturated carbocycles. The average Bonchev–Trinajstić information content (AvgIpc) is 2.84. The van der Waals surface area contributed by atoms with Gasteiger partial charge < -0.3 is 20.1 Å². The molecular formula is C13H14N2O4. The zero-order chi connectivity index (χ0) is 13.6. The number of benzene rings is 1. The minimum absolute atomic E-state index is 0.101. The Balaban J connectivity index is 2.13. The van der Waals surface area contributed by atoms with Gasteiger partial charge in [-0.15, -0.1) is 0 Å². The maximum Gasteiger partial charge on any atom is 0.256 e. The molecule has 2 heterocycles. The molecule has 2 aliphatic rings. The summed E-state index contributed by atoms with van der Waals surface area (Å²) in [6.45, 7) is 0.583. The van der Waals surface area contributed by atoms with Crippen LogP contribution in [0.5, 0.6) is 11.5 Å². The molecule has 2 amide bonds. The van der Waals surface area contributed by atoms with E-state index in [0.29, 0.717) is 24.2 Å². The van der Waals surface area contributed by atoms with E-state index in [1.54, 1.807) is 4.90 Å². The van der Waals surface area contributed by atoms with Crippen LogP contribution in [0.3, 0.4) is 0 Å². The number of ether oxygens (including phenoxy) is 1. The molecule has 1 atom stereocenters. The van der Waals surface area contributed by atoms with Crippen molar-refractivity contribution in [2.45, 2.75) is 18.9 Å². The highest BCUT2D eigenvalue weighted by molar-refractivity contribution is 6.10. The highest BCUT2D eigenvalue weighted by Crippen LogP contribution is 2.36. The molecule has 0 spiro atoms. The molecule has 6 nitrogen and oxygen atoms in total. The molecule has 0 radical (unpaired) electrons. The van der Waals surface area contributed by atoms with Gasteiger partial charge in [0.15, 0.2) is 11.5 Å². The molecule has 3 rings (SSSR count). The summed E-state index contributed by atoms with van der Waals surface area (Å²) in [6.07, 6.45) is 1.50. The molecule has 6 heteroatoms. The highest BCUT2D eigenvalue weighted by atomic mass is 16.5. The zero-order valence-electron chi connectivity index (χ0n) is 10.5. The van der Waals surface area contributed by atoms with Crippen LogP contribution in [0.25, 0.3) is 0 Å². The van der Waals surface area contributed by atoms with Gasteiger partial charge in [0.2, 0.25) is 5.91 Å². The smallest absolute Gasteiger partial charge is 0.256 e. The Morgan fingerprint density at radius 2 is 2.21 bits per heavy atom. The van der Waals surface area contributed by atoms with E-state index < -0.39 is 6.04 Å². The van der Waals surface area contributed by atoms with Crippen molar-refractivity contribution < 1.29 is 19.4 Å². The third-order valence-corrected chi connectivity index (χ3v) is 3.62. The summed E-state index contributed by atoms with van der Waals surface area (Å²) in [5, 5.41) is 12.4. The van der Waals surface area contributed by atoms with Crippen molar-refractivity contribution in [2.24, 2.45) is 0 Å². The number of nitrogens with zero attached hydrogens (tertiary/aromatic N) is 1. The lowest BCUT2D eigenvalue weighted by molar-refractivity contribution is -0.119. The molecule has 19 heavy (non-hydrogen) atoms. The minimum Gasteiger partial charge on any atom is -0.504 e. The second kappa shape index (κ2) is 4.15. The number of nitrogens with one attached hydrogen (secondary N) is 1. The Morgan fingerprint density at radius 1 is 1.42 bits per heavy atom. The molecular weight excluding hydrogens is 248 g/mol. The van der Waals surface area contributed by atoms with Gasteiger partial charge in [0.25, 0.3) is 5.91 Å². The first-order valence-corrected chi connectivity index (χ1v) is 6.14. The van der Waals surface area contributed by atoms with Crippen molar-refractivity contribution in [2.75, 3.05) is 19.0 Å². The van der Waals surface area contributed by atoms with Crippen LogP contribution in [-0.4, -0.2) is 41.5 Å². The van der Waals surface area contributed by atoms with Crippen molar-refractivity contribution in [3.63, 3.8) is 0 Å². The number of carbonyl (C=O) groups excluding carboxylic acids is 2. The molecule has 2 aliphatic heterocycles. The van der Waals surface area contributed by atoms with Crippen LogP contribution in [0.2, 0.25) is 0 Å². The second-order valence-electron chi connectivity index (χ2n) is 4.72. The van der Waals surface area contributed by atoms with E-state index in [2.05, 4.69) is 5.32 Å². The summed E-state index contributed by atoms with van der Waals surface area (Å²) in [7, 11) is 1.42. The topological polar surface area (TPSA) is 78.9 Å². The van der Waals surface area contributed by atoms with Crippen molar-refractivity contribution in [3.05, 3.63) is 17.7 Å². The predicted molar refractivity (Wildman–Crippen MR) is 67.3 cm³/mol. The second-order valence-corrected chi connectivity index (χ2v) is 4.72. The molecule has 0 unspecified atom stereocenters. The standard InChI is InChI=1S/C13H14N2O4/c1-19-11-5-7-8(6-10(11)16)14-12(17)9-3-2-4-15(9)13(7)18/h5-6,9,16H,2-4H2,1H3,(H,14,17)/t9-/m0/s1.